The van der Waals surface area contributed by atoms with Gasteiger partial charge in [0.2, 0.25) is 0 Å². The molecule has 0 aliphatic carbocycles. The van der Waals surface area contributed by atoms with Crippen LogP contribution in [0, 0.1) is 0 Å². The molecule has 1 aromatic heterocycles. The molecular formula is C10H15ClS. The zero-order chi connectivity index (χ0) is 9.30. The van der Waals surface area contributed by atoms with Gasteiger partial charge in [-0.2, -0.15) is 0 Å². The molecule has 0 aromatic carbocycles. The molecule has 1 aromatic rings. The second-order valence-electron chi connectivity index (χ2n) is 3.69. The lowest BCUT2D eigenvalue weighted by atomic mass is 10.1. The molecule has 1 rings (SSSR count). The molecule has 68 valence electrons. The first-order valence-electron chi connectivity index (χ1n) is 4.31. The molecule has 0 fully saturated rings. The maximum Gasteiger partial charge on any atom is 0.0965 e. The standard InChI is InChI=1S/C10H15ClS/c1-6(2)8-5-9(7(3)4)12-10(8)11/h5-7H,1-4H3. The second kappa shape index (κ2) is 3.80. The molecule has 0 bridgehead atoms. The Balaban J connectivity index is 3.00. The maximum atomic E-state index is 6.10. The van der Waals surface area contributed by atoms with Gasteiger partial charge in [-0.05, 0) is 23.5 Å². The van der Waals surface area contributed by atoms with Gasteiger partial charge in [0.15, 0.2) is 0 Å². The highest BCUT2D eigenvalue weighted by Gasteiger charge is 2.11. The Morgan fingerprint density at radius 1 is 1.17 bits per heavy atom. The molecule has 12 heavy (non-hydrogen) atoms. The summed E-state index contributed by atoms with van der Waals surface area (Å²) in [5.41, 5.74) is 1.30. The number of hydrogen-bond acceptors (Lipinski definition) is 1. The van der Waals surface area contributed by atoms with Crippen LogP contribution in [0.5, 0.6) is 0 Å². The fraction of sp³-hybridized carbons (Fsp3) is 0.600. The van der Waals surface area contributed by atoms with Gasteiger partial charge in [-0.1, -0.05) is 39.3 Å². The number of rotatable bonds is 2. The van der Waals surface area contributed by atoms with Crippen molar-refractivity contribution in [2.24, 2.45) is 0 Å². The third-order valence-electron chi connectivity index (χ3n) is 1.92. The summed E-state index contributed by atoms with van der Waals surface area (Å²) in [7, 11) is 0. The minimum atomic E-state index is 0.543. The van der Waals surface area contributed by atoms with Crippen molar-refractivity contribution in [3.8, 4) is 0 Å². The van der Waals surface area contributed by atoms with E-state index < -0.39 is 0 Å². The molecule has 0 atom stereocenters. The highest BCUT2D eigenvalue weighted by Crippen LogP contribution is 2.35. The van der Waals surface area contributed by atoms with E-state index in [1.165, 1.54) is 10.4 Å². The van der Waals surface area contributed by atoms with Crippen molar-refractivity contribution in [3.63, 3.8) is 0 Å². The molecular weight excluding hydrogens is 188 g/mol. The zero-order valence-corrected chi connectivity index (χ0v) is 9.59. The SMILES string of the molecule is CC(C)c1cc(C(C)C)c(Cl)s1. The predicted octanol–water partition coefficient (Wildman–Crippen LogP) is 4.65. The third kappa shape index (κ3) is 2.02. The molecule has 2 heteroatoms. The van der Waals surface area contributed by atoms with Crippen LogP contribution in [-0.2, 0) is 0 Å². The van der Waals surface area contributed by atoms with E-state index in [0.717, 1.165) is 4.34 Å². The Hall–Kier alpha value is -0.0100. The molecule has 1 heterocycles. The molecule has 0 N–H and O–H groups in total. The Morgan fingerprint density at radius 3 is 2.00 bits per heavy atom. The van der Waals surface area contributed by atoms with Crippen molar-refractivity contribution >= 4 is 22.9 Å². The normalized spacial score (nSPS) is 11.6. The summed E-state index contributed by atoms with van der Waals surface area (Å²) in [5, 5.41) is 0. The first-order chi connectivity index (χ1) is 5.52. The van der Waals surface area contributed by atoms with Crippen molar-refractivity contribution in [2.45, 2.75) is 39.5 Å². The van der Waals surface area contributed by atoms with E-state index in [1.807, 2.05) is 0 Å². The Bertz CT molecular complexity index is 261. The average molecular weight is 203 g/mol. The van der Waals surface area contributed by atoms with Gasteiger partial charge in [0.1, 0.15) is 0 Å². The summed E-state index contributed by atoms with van der Waals surface area (Å²) in [6, 6.07) is 2.24. The fourth-order valence-corrected chi connectivity index (χ4v) is 2.66. The van der Waals surface area contributed by atoms with Crippen molar-refractivity contribution in [1.82, 2.24) is 0 Å². The van der Waals surface area contributed by atoms with Crippen LogP contribution in [0.3, 0.4) is 0 Å². The summed E-state index contributed by atoms with van der Waals surface area (Å²) in [6.07, 6.45) is 0. The molecule has 0 aliphatic heterocycles. The van der Waals surface area contributed by atoms with Crippen molar-refractivity contribution in [1.29, 1.82) is 0 Å². The maximum absolute atomic E-state index is 6.10. The zero-order valence-electron chi connectivity index (χ0n) is 8.02. The van der Waals surface area contributed by atoms with E-state index in [1.54, 1.807) is 11.3 Å². The highest BCUT2D eigenvalue weighted by atomic mass is 35.5. The summed E-state index contributed by atoms with van der Waals surface area (Å²) in [5.74, 6) is 1.14. The lowest BCUT2D eigenvalue weighted by molar-refractivity contribution is 0.856. The molecule has 0 amide bonds. The van der Waals surface area contributed by atoms with Crippen molar-refractivity contribution in [2.75, 3.05) is 0 Å². The second-order valence-corrected chi connectivity index (χ2v) is 5.37. The fourth-order valence-electron chi connectivity index (χ4n) is 1.08. The van der Waals surface area contributed by atoms with Crippen LogP contribution in [0.1, 0.15) is 50.0 Å². The molecule has 0 saturated heterocycles. The van der Waals surface area contributed by atoms with Crippen LogP contribution in [0.2, 0.25) is 4.34 Å². The first-order valence-corrected chi connectivity index (χ1v) is 5.51. The lowest BCUT2D eigenvalue weighted by Gasteiger charge is -2.00. The summed E-state index contributed by atoms with van der Waals surface area (Å²) >= 11 is 7.82. The van der Waals surface area contributed by atoms with E-state index in [4.69, 9.17) is 11.6 Å². The summed E-state index contributed by atoms with van der Waals surface area (Å²) in [4.78, 5) is 1.39. The molecule has 0 radical (unpaired) electrons. The Kier molecular flexibility index (Phi) is 3.19. The molecule has 0 saturated carbocycles. The van der Waals surface area contributed by atoms with Gasteiger partial charge in [-0.25, -0.2) is 0 Å². The van der Waals surface area contributed by atoms with Crippen LogP contribution in [-0.4, -0.2) is 0 Å². The largest absolute Gasteiger partial charge is 0.128 e. The minimum absolute atomic E-state index is 0.543. The smallest absolute Gasteiger partial charge is 0.0965 e. The van der Waals surface area contributed by atoms with Crippen molar-refractivity contribution in [3.05, 3.63) is 20.8 Å². The third-order valence-corrected chi connectivity index (χ3v) is 3.61. The highest BCUT2D eigenvalue weighted by molar-refractivity contribution is 7.16. The van der Waals surface area contributed by atoms with Crippen LogP contribution >= 0.6 is 22.9 Å². The van der Waals surface area contributed by atoms with E-state index >= 15 is 0 Å². The van der Waals surface area contributed by atoms with Gasteiger partial charge < -0.3 is 0 Å². The van der Waals surface area contributed by atoms with E-state index in [-0.39, 0.29) is 0 Å². The van der Waals surface area contributed by atoms with Gasteiger partial charge in [0.05, 0.1) is 4.34 Å². The topological polar surface area (TPSA) is 0 Å². The van der Waals surface area contributed by atoms with E-state index in [2.05, 4.69) is 33.8 Å². The van der Waals surface area contributed by atoms with Crippen LogP contribution in [0.4, 0.5) is 0 Å². The Morgan fingerprint density at radius 2 is 1.75 bits per heavy atom. The first kappa shape index (κ1) is 10.1. The van der Waals surface area contributed by atoms with Crippen LogP contribution < -0.4 is 0 Å². The van der Waals surface area contributed by atoms with Gasteiger partial charge in [-0.3, -0.25) is 0 Å². The lowest BCUT2D eigenvalue weighted by Crippen LogP contribution is -1.84. The van der Waals surface area contributed by atoms with Gasteiger partial charge in [-0.15, -0.1) is 11.3 Å². The van der Waals surface area contributed by atoms with Gasteiger partial charge in [0.25, 0.3) is 0 Å². The molecule has 0 aliphatic rings. The van der Waals surface area contributed by atoms with Crippen molar-refractivity contribution < 1.29 is 0 Å². The number of thiophene rings is 1. The average Bonchev–Trinajstić information content (AvgIpc) is 2.30. The monoisotopic (exact) mass is 202 g/mol. The van der Waals surface area contributed by atoms with E-state index in [0.29, 0.717) is 11.8 Å². The summed E-state index contributed by atoms with van der Waals surface area (Å²) in [6.45, 7) is 8.76. The summed E-state index contributed by atoms with van der Waals surface area (Å²) < 4.78 is 0.966. The molecule has 0 spiro atoms. The van der Waals surface area contributed by atoms with Crippen LogP contribution in [0.25, 0.3) is 0 Å². The van der Waals surface area contributed by atoms with Crippen LogP contribution in [0.15, 0.2) is 6.07 Å². The molecule has 0 unspecified atom stereocenters. The van der Waals surface area contributed by atoms with Gasteiger partial charge in [0, 0.05) is 4.88 Å². The number of hydrogen-bond donors (Lipinski definition) is 0. The predicted molar refractivity (Wildman–Crippen MR) is 57.5 cm³/mol. The van der Waals surface area contributed by atoms with E-state index in [9.17, 15) is 0 Å². The molecule has 0 nitrogen and oxygen atoms in total. The Labute approximate surface area is 83.6 Å². The van der Waals surface area contributed by atoms with Gasteiger partial charge >= 0.3 is 0 Å². The minimum Gasteiger partial charge on any atom is -0.128 e. The number of halogens is 1. The quantitative estimate of drug-likeness (QED) is 0.655.